The van der Waals surface area contributed by atoms with E-state index in [1.165, 1.54) is 0 Å². The topological polar surface area (TPSA) is 111 Å². The number of hydrogen-bond acceptors (Lipinski definition) is 5. The van der Waals surface area contributed by atoms with Crippen molar-refractivity contribution >= 4 is 52.2 Å². The molecule has 2 heterocycles. The Bertz CT molecular complexity index is 1040. The Labute approximate surface area is 202 Å². The number of nitrogens with one attached hydrogen (secondary N) is 2. The lowest BCUT2D eigenvalue weighted by atomic mass is 9.85. The van der Waals surface area contributed by atoms with Crippen molar-refractivity contribution in [2.75, 3.05) is 6.54 Å². The molecule has 9 heteroatoms. The van der Waals surface area contributed by atoms with Crippen LogP contribution in [-0.2, 0) is 20.8 Å². The molecule has 2 aliphatic heterocycles. The normalized spacial score (nSPS) is 21.3. The molecule has 0 aromatic heterocycles. The number of aliphatic imine (C=N–C) groups is 1. The van der Waals surface area contributed by atoms with E-state index in [2.05, 4.69) is 21.7 Å². The third-order valence-electron chi connectivity index (χ3n) is 6.59. The molecular formula is C24H26Cl2N4O3. The Kier molecular flexibility index (Phi) is 7.35. The monoisotopic (exact) mass is 488 g/mol. The molecular weight excluding hydrogens is 463 g/mol. The smallest absolute Gasteiger partial charge is 0.266 e. The van der Waals surface area contributed by atoms with E-state index in [0.29, 0.717) is 46.6 Å². The summed E-state index contributed by atoms with van der Waals surface area (Å²) in [6.07, 6.45) is 4.84. The molecule has 2 amide bonds. The van der Waals surface area contributed by atoms with Gasteiger partial charge in [0.05, 0.1) is 28.7 Å². The molecule has 0 bridgehead atoms. The SMILES string of the molecule is N#CC(CC(=O)C(CC1CC1)NC(=O)C1=Nc2c(Cl)ccc(Cl)c2C1)CC1CCCNC1=O. The minimum Gasteiger partial charge on any atom is -0.356 e. The molecule has 174 valence electrons. The van der Waals surface area contributed by atoms with Gasteiger partial charge in [-0.15, -0.1) is 0 Å². The van der Waals surface area contributed by atoms with Crippen LogP contribution in [0.25, 0.3) is 0 Å². The third kappa shape index (κ3) is 5.74. The van der Waals surface area contributed by atoms with E-state index in [-0.39, 0.29) is 36.2 Å². The van der Waals surface area contributed by atoms with Crippen molar-refractivity contribution in [1.82, 2.24) is 10.6 Å². The summed E-state index contributed by atoms with van der Waals surface area (Å²) in [4.78, 5) is 42.5. The van der Waals surface area contributed by atoms with Crippen LogP contribution in [0.3, 0.4) is 0 Å². The van der Waals surface area contributed by atoms with Crippen molar-refractivity contribution in [1.29, 1.82) is 5.26 Å². The number of fused-ring (bicyclic) bond motifs is 1. The molecule has 7 nitrogen and oxygen atoms in total. The first-order valence-electron chi connectivity index (χ1n) is 11.4. The molecule has 1 saturated heterocycles. The van der Waals surface area contributed by atoms with Crippen LogP contribution in [-0.4, -0.2) is 35.9 Å². The number of piperidine rings is 1. The van der Waals surface area contributed by atoms with Gasteiger partial charge in [-0.2, -0.15) is 5.26 Å². The van der Waals surface area contributed by atoms with Crippen molar-refractivity contribution in [3.8, 4) is 6.07 Å². The second-order valence-electron chi connectivity index (χ2n) is 9.16. The van der Waals surface area contributed by atoms with Gasteiger partial charge < -0.3 is 10.6 Å². The minimum atomic E-state index is -0.682. The molecule has 1 aromatic rings. The molecule has 0 radical (unpaired) electrons. The number of amides is 2. The predicted octanol–water partition coefficient (Wildman–Crippen LogP) is 3.92. The summed E-state index contributed by atoms with van der Waals surface area (Å²) in [5, 5.41) is 16.2. The summed E-state index contributed by atoms with van der Waals surface area (Å²) in [5.74, 6) is -1.05. The van der Waals surface area contributed by atoms with Gasteiger partial charge in [0.1, 0.15) is 5.71 Å². The highest BCUT2D eigenvalue weighted by Crippen LogP contribution is 2.39. The van der Waals surface area contributed by atoms with Crippen LogP contribution in [0.4, 0.5) is 5.69 Å². The number of Topliss-reactive ketones (excluding diaryl/α,β-unsaturated/α-hetero) is 1. The number of hydrogen-bond donors (Lipinski definition) is 2. The fraction of sp³-hybridized carbons (Fsp3) is 0.542. The Balaban J connectivity index is 1.41. The van der Waals surface area contributed by atoms with Gasteiger partial charge in [-0.25, -0.2) is 4.99 Å². The maximum absolute atomic E-state index is 13.1. The van der Waals surface area contributed by atoms with Crippen LogP contribution >= 0.6 is 23.2 Å². The van der Waals surface area contributed by atoms with E-state index in [9.17, 15) is 19.6 Å². The highest BCUT2D eigenvalue weighted by Gasteiger charge is 2.34. The number of carbonyl (C=O) groups is 3. The molecule has 33 heavy (non-hydrogen) atoms. The van der Waals surface area contributed by atoms with E-state index < -0.39 is 17.9 Å². The highest BCUT2D eigenvalue weighted by molar-refractivity contribution is 6.44. The van der Waals surface area contributed by atoms with Crippen molar-refractivity contribution in [3.63, 3.8) is 0 Å². The van der Waals surface area contributed by atoms with E-state index in [0.717, 1.165) is 25.7 Å². The first kappa shape index (κ1) is 23.7. The molecule has 3 atom stereocenters. The lowest BCUT2D eigenvalue weighted by Crippen LogP contribution is -2.45. The number of ketones is 1. The molecule has 1 saturated carbocycles. The second-order valence-corrected chi connectivity index (χ2v) is 9.97. The summed E-state index contributed by atoms with van der Waals surface area (Å²) < 4.78 is 0. The average Bonchev–Trinajstić information content (AvgIpc) is 3.49. The fourth-order valence-corrected chi connectivity index (χ4v) is 4.95. The Morgan fingerprint density at radius 1 is 1.21 bits per heavy atom. The quantitative estimate of drug-likeness (QED) is 0.548. The van der Waals surface area contributed by atoms with Crippen molar-refractivity contribution in [3.05, 3.63) is 27.7 Å². The van der Waals surface area contributed by atoms with Gasteiger partial charge in [-0.1, -0.05) is 36.0 Å². The molecule has 0 spiro atoms. The lowest BCUT2D eigenvalue weighted by Gasteiger charge is -2.24. The van der Waals surface area contributed by atoms with Crippen molar-refractivity contribution in [2.45, 2.75) is 57.4 Å². The van der Waals surface area contributed by atoms with E-state index in [1.807, 2.05) is 0 Å². The highest BCUT2D eigenvalue weighted by atomic mass is 35.5. The van der Waals surface area contributed by atoms with Crippen molar-refractivity contribution < 1.29 is 14.4 Å². The molecule has 1 aliphatic carbocycles. The second kappa shape index (κ2) is 10.2. The first-order chi connectivity index (χ1) is 15.9. The number of benzene rings is 1. The van der Waals surface area contributed by atoms with Crippen molar-refractivity contribution in [2.24, 2.45) is 22.7 Å². The van der Waals surface area contributed by atoms with Gasteiger partial charge in [0.15, 0.2) is 5.78 Å². The molecule has 3 unspecified atom stereocenters. The third-order valence-corrected chi connectivity index (χ3v) is 7.25. The Morgan fingerprint density at radius 3 is 2.64 bits per heavy atom. The zero-order valence-corrected chi connectivity index (χ0v) is 19.7. The maximum atomic E-state index is 13.1. The lowest BCUT2D eigenvalue weighted by molar-refractivity contribution is -0.128. The summed E-state index contributed by atoms with van der Waals surface area (Å²) in [5.41, 5.74) is 1.47. The Morgan fingerprint density at radius 2 is 1.97 bits per heavy atom. The van der Waals surface area contributed by atoms with E-state index in [4.69, 9.17) is 23.2 Å². The first-order valence-corrected chi connectivity index (χ1v) is 12.2. The zero-order valence-electron chi connectivity index (χ0n) is 18.2. The van der Waals surface area contributed by atoms with E-state index >= 15 is 0 Å². The largest absolute Gasteiger partial charge is 0.356 e. The number of rotatable bonds is 9. The van der Waals surface area contributed by atoms with Crippen LogP contribution in [0, 0.1) is 29.1 Å². The summed E-state index contributed by atoms with van der Waals surface area (Å²) in [6, 6.07) is 4.82. The number of nitriles is 1. The zero-order chi connectivity index (χ0) is 23.5. The number of carbonyl (C=O) groups excluding carboxylic acids is 3. The van der Waals surface area contributed by atoms with Crippen LogP contribution < -0.4 is 10.6 Å². The van der Waals surface area contributed by atoms with Crippen LogP contribution in [0.2, 0.25) is 10.0 Å². The molecule has 2 N–H and O–H groups in total. The molecule has 1 aromatic carbocycles. The standard InChI is InChI=1S/C24H26Cl2N4O3/c25-17-5-6-18(26)22-16(17)11-20(29-22)24(33)30-19(9-13-3-4-13)21(31)10-14(12-27)8-15-2-1-7-28-23(15)32/h5-6,13-15,19H,1-4,7-11H2,(H,28,32)(H,30,33). The molecule has 2 fully saturated rings. The van der Waals surface area contributed by atoms with Gasteiger partial charge >= 0.3 is 0 Å². The van der Waals surface area contributed by atoms with Crippen LogP contribution in [0.5, 0.6) is 0 Å². The maximum Gasteiger partial charge on any atom is 0.266 e. The van der Waals surface area contributed by atoms with E-state index in [1.54, 1.807) is 12.1 Å². The molecule has 3 aliphatic rings. The van der Waals surface area contributed by atoms with Gasteiger partial charge in [0, 0.05) is 35.9 Å². The summed E-state index contributed by atoms with van der Waals surface area (Å²) >= 11 is 12.4. The summed E-state index contributed by atoms with van der Waals surface area (Å²) in [6.45, 7) is 0.658. The minimum absolute atomic E-state index is 0.0162. The predicted molar refractivity (Wildman–Crippen MR) is 126 cm³/mol. The summed E-state index contributed by atoms with van der Waals surface area (Å²) in [7, 11) is 0. The average molecular weight is 489 g/mol. The van der Waals surface area contributed by atoms with Gasteiger partial charge in [-0.3, -0.25) is 14.4 Å². The number of halogens is 2. The van der Waals surface area contributed by atoms with Crippen LogP contribution in [0.15, 0.2) is 17.1 Å². The Hall–Kier alpha value is -2.43. The van der Waals surface area contributed by atoms with Gasteiger partial charge in [0.2, 0.25) is 5.91 Å². The van der Waals surface area contributed by atoms with Gasteiger partial charge in [0.25, 0.3) is 5.91 Å². The fourth-order valence-electron chi connectivity index (χ4n) is 4.52. The van der Waals surface area contributed by atoms with Gasteiger partial charge in [-0.05, 0) is 43.7 Å². The number of nitrogens with zero attached hydrogens (tertiary/aromatic N) is 2. The van der Waals surface area contributed by atoms with Crippen LogP contribution in [0.1, 0.15) is 50.5 Å². The molecule has 4 rings (SSSR count).